The first-order chi connectivity index (χ1) is 6.36. The average molecular weight is 184 g/mol. The summed E-state index contributed by atoms with van der Waals surface area (Å²) in [6, 6.07) is 0. The summed E-state index contributed by atoms with van der Waals surface area (Å²) < 4.78 is 10.9. The van der Waals surface area contributed by atoms with E-state index in [1.165, 1.54) is 5.57 Å². The molecule has 74 valence electrons. The maximum Gasteiger partial charge on any atom is 0.278 e. The van der Waals surface area contributed by atoms with Crippen molar-refractivity contribution < 1.29 is 14.6 Å². The Morgan fingerprint density at radius 1 is 1.08 bits per heavy atom. The van der Waals surface area contributed by atoms with E-state index in [1.54, 1.807) is 0 Å². The zero-order valence-electron chi connectivity index (χ0n) is 7.79. The number of ether oxygens (including phenoxy) is 2. The number of hydrogen-bond acceptors (Lipinski definition) is 3. The summed E-state index contributed by atoms with van der Waals surface area (Å²) in [5.74, 6) is 0.748. The van der Waals surface area contributed by atoms with E-state index < -0.39 is 0 Å². The molecule has 1 saturated carbocycles. The molecule has 0 aromatic rings. The fourth-order valence-corrected chi connectivity index (χ4v) is 1.79. The smallest absolute Gasteiger partial charge is 0.278 e. The Kier molecular flexibility index (Phi) is 2.74. The molecule has 0 amide bonds. The van der Waals surface area contributed by atoms with Crippen molar-refractivity contribution in [2.24, 2.45) is 0 Å². The van der Waals surface area contributed by atoms with Gasteiger partial charge in [-0.3, -0.25) is 0 Å². The summed E-state index contributed by atoms with van der Waals surface area (Å²) in [7, 11) is 0. The summed E-state index contributed by atoms with van der Waals surface area (Å²) in [6.07, 6.45) is 4.43. The van der Waals surface area contributed by atoms with Crippen LogP contribution in [0.25, 0.3) is 0 Å². The van der Waals surface area contributed by atoms with Crippen LogP contribution in [0.1, 0.15) is 32.1 Å². The van der Waals surface area contributed by atoms with E-state index in [4.69, 9.17) is 9.47 Å². The average Bonchev–Trinajstić information content (AvgIpc) is 2.20. The standard InChI is InChI=1S/C10H16O3/c11-9-4-2-8(3-5-9)10-12-6-1-7-13-10/h9,11H,1-7H2. The van der Waals surface area contributed by atoms with Gasteiger partial charge >= 0.3 is 0 Å². The van der Waals surface area contributed by atoms with Crippen LogP contribution in [0.15, 0.2) is 11.5 Å². The SMILES string of the molecule is OC1CCC(=C2OCCCO2)CC1. The largest absolute Gasteiger partial charge is 0.465 e. The lowest BCUT2D eigenvalue weighted by Gasteiger charge is -2.24. The number of hydrogen-bond donors (Lipinski definition) is 1. The van der Waals surface area contributed by atoms with Crippen LogP contribution in [0.4, 0.5) is 0 Å². The lowest BCUT2D eigenvalue weighted by molar-refractivity contribution is -0.0202. The van der Waals surface area contributed by atoms with Gasteiger partial charge in [0.2, 0.25) is 0 Å². The number of rotatable bonds is 0. The molecule has 0 aromatic heterocycles. The van der Waals surface area contributed by atoms with Crippen molar-refractivity contribution in [2.45, 2.75) is 38.2 Å². The molecule has 3 heteroatoms. The first-order valence-corrected chi connectivity index (χ1v) is 5.02. The van der Waals surface area contributed by atoms with Gasteiger partial charge in [-0.1, -0.05) is 0 Å². The first-order valence-electron chi connectivity index (χ1n) is 5.02. The van der Waals surface area contributed by atoms with Gasteiger partial charge in [-0.15, -0.1) is 0 Å². The fraction of sp³-hybridized carbons (Fsp3) is 0.800. The topological polar surface area (TPSA) is 38.7 Å². The molecule has 0 spiro atoms. The maximum atomic E-state index is 9.32. The van der Waals surface area contributed by atoms with Crippen molar-refractivity contribution in [3.8, 4) is 0 Å². The minimum Gasteiger partial charge on any atom is -0.465 e. The van der Waals surface area contributed by atoms with Gasteiger partial charge in [0.25, 0.3) is 5.95 Å². The Bertz CT molecular complexity index is 192. The summed E-state index contributed by atoms with van der Waals surface area (Å²) >= 11 is 0. The summed E-state index contributed by atoms with van der Waals surface area (Å²) in [6.45, 7) is 1.56. The second-order valence-electron chi connectivity index (χ2n) is 3.67. The quantitative estimate of drug-likeness (QED) is 0.621. The monoisotopic (exact) mass is 184 g/mol. The van der Waals surface area contributed by atoms with Crippen molar-refractivity contribution in [1.82, 2.24) is 0 Å². The van der Waals surface area contributed by atoms with Gasteiger partial charge < -0.3 is 14.6 Å². The van der Waals surface area contributed by atoms with Gasteiger partial charge in [-0.05, 0) is 25.7 Å². The first kappa shape index (κ1) is 8.88. The third-order valence-corrected chi connectivity index (χ3v) is 2.60. The Balaban J connectivity index is 1.97. The molecule has 0 aromatic carbocycles. The summed E-state index contributed by atoms with van der Waals surface area (Å²) in [4.78, 5) is 0. The zero-order valence-corrected chi connectivity index (χ0v) is 7.79. The fourth-order valence-electron chi connectivity index (χ4n) is 1.79. The molecule has 3 nitrogen and oxygen atoms in total. The van der Waals surface area contributed by atoms with E-state index in [0.29, 0.717) is 0 Å². The number of allylic oxidation sites excluding steroid dienone is 1. The molecule has 2 fully saturated rings. The highest BCUT2D eigenvalue weighted by Gasteiger charge is 2.20. The molecule has 1 heterocycles. The Hall–Kier alpha value is -0.700. The van der Waals surface area contributed by atoms with Crippen LogP contribution in [0.3, 0.4) is 0 Å². The molecule has 1 aliphatic heterocycles. The van der Waals surface area contributed by atoms with Crippen LogP contribution in [-0.2, 0) is 9.47 Å². The van der Waals surface area contributed by atoms with Crippen LogP contribution in [0, 0.1) is 0 Å². The molecule has 2 aliphatic rings. The second kappa shape index (κ2) is 4.01. The zero-order chi connectivity index (χ0) is 9.10. The molecule has 0 atom stereocenters. The van der Waals surface area contributed by atoms with Gasteiger partial charge in [0.15, 0.2) is 0 Å². The van der Waals surface area contributed by atoms with Crippen LogP contribution >= 0.6 is 0 Å². The van der Waals surface area contributed by atoms with Crippen LogP contribution < -0.4 is 0 Å². The molecule has 1 N–H and O–H groups in total. The molecule has 0 bridgehead atoms. The summed E-state index contributed by atoms with van der Waals surface area (Å²) in [5.41, 5.74) is 1.25. The molecule has 2 rings (SSSR count). The van der Waals surface area contributed by atoms with Crippen LogP contribution in [0.2, 0.25) is 0 Å². The van der Waals surface area contributed by atoms with Crippen molar-refractivity contribution in [2.75, 3.05) is 13.2 Å². The molecule has 1 saturated heterocycles. The molecule has 0 radical (unpaired) electrons. The minimum absolute atomic E-state index is 0.118. The van der Waals surface area contributed by atoms with E-state index in [1.807, 2.05) is 0 Å². The van der Waals surface area contributed by atoms with Crippen molar-refractivity contribution in [1.29, 1.82) is 0 Å². The number of aliphatic hydroxyl groups excluding tert-OH is 1. The minimum atomic E-state index is -0.118. The van der Waals surface area contributed by atoms with Crippen molar-refractivity contribution >= 4 is 0 Å². The van der Waals surface area contributed by atoms with E-state index in [-0.39, 0.29) is 6.10 Å². The highest BCUT2D eigenvalue weighted by atomic mass is 16.7. The lowest BCUT2D eigenvalue weighted by Crippen LogP contribution is -2.18. The van der Waals surface area contributed by atoms with Crippen LogP contribution in [-0.4, -0.2) is 24.4 Å². The lowest BCUT2D eigenvalue weighted by atomic mass is 9.93. The summed E-state index contributed by atoms with van der Waals surface area (Å²) in [5, 5.41) is 9.32. The Labute approximate surface area is 78.3 Å². The molecular weight excluding hydrogens is 168 g/mol. The van der Waals surface area contributed by atoms with Gasteiger partial charge in [0.05, 0.1) is 19.3 Å². The number of aliphatic hydroxyl groups is 1. The van der Waals surface area contributed by atoms with Gasteiger partial charge in [0.1, 0.15) is 0 Å². The molecule has 1 aliphatic carbocycles. The Morgan fingerprint density at radius 2 is 1.69 bits per heavy atom. The third-order valence-electron chi connectivity index (χ3n) is 2.60. The van der Waals surface area contributed by atoms with E-state index in [0.717, 1.165) is 51.3 Å². The molecular formula is C10H16O3. The highest BCUT2D eigenvalue weighted by molar-refractivity contribution is 5.07. The van der Waals surface area contributed by atoms with Gasteiger partial charge in [-0.25, -0.2) is 0 Å². The van der Waals surface area contributed by atoms with Crippen molar-refractivity contribution in [3.63, 3.8) is 0 Å². The molecule has 0 unspecified atom stereocenters. The Morgan fingerprint density at radius 3 is 2.31 bits per heavy atom. The predicted molar refractivity (Wildman–Crippen MR) is 48.0 cm³/mol. The van der Waals surface area contributed by atoms with Crippen molar-refractivity contribution in [3.05, 3.63) is 11.5 Å². The predicted octanol–water partition coefficient (Wildman–Crippen LogP) is 1.57. The van der Waals surface area contributed by atoms with E-state index in [9.17, 15) is 5.11 Å². The van der Waals surface area contributed by atoms with Crippen LogP contribution in [0.5, 0.6) is 0 Å². The highest BCUT2D eigenvalue weighted by Crippen LogP contribution is 2.28. The van der Waals surface area contributed by atoms with E-state index in [2.05, 4.69) is 0 Å². The third kappa shape index (κ3) is 2.15. The maximum absolute atomic E-state index is 9.32. The molecule has 13 heavy (non-hydrogen) atoms. The normalized spacial score (nSPS) is 29.5. The van der Waals surface area contributed by atoms with E-state index >= 15 is 0 Å². The second-order valence-corrected chi connectivity index (χ2v) is 3.67. The van der Waals surface area contributed by atoms with Gasteiger partial charge in [-0.2, -0.15) is 0 Å². The van der Waals surface area contributed by atoms with Gasteiger partial charge in [0, 0.05) is 12.0 Å².